The summed E-state index contributed by atoms with van der Waals surface area (Å²) < 4.78 is 26.8. The Hall–Kier alpha value is -0.620. The van der Waals surface area contributed by atoms with Crippen LogP contribution in [0.5, 0.6) is 0 Å². The van der Waals surface area contributed by atoms with Crippen molar-refractivity contribution in [2.75, 3.05) is 6.54 Å². The maximum absolute atomic E-state index is 12.1. The average molecular weight is 319 g/mol. The number of benzene rings is 1. The number of nitrogens with one attached hydrogen (secondary N) is 1. The van der Waals surface area contributed by atoms with Gasteiger partial charge in [0.1, 0.15) is 0 Å². The molecule has 0 saturated carbocycles. The zero-order valence-electron chi connectivity index (χ0n) is 12.0. The largest absolute Gasteiger partial charge is 0.326 e. The first-order chi connectivity index (χ1) is 9.36. The number of hydrogen-bond donors (Lipinski definition) is 2. The summed E-state index contributed by atoms with van der Waals surface area (Å²) in [7, 11) is -3.48. The highest BCUT2D eigenvalue weighted by Crippen LogP contribution is 2.20. The smallest absolute Gasteiger partial charge is 0.240 e. The van der Waals surface area contributed by atoms with Crippen molar-refractivity contribution in [2.45, 2.75) is 44.6 Å². The van der Waals surface area contributed by atoms with E-state index < -0.39 is 10.0 Å². The molecule has 3 N–H and O–H groups in total. The topological polar surface area (TPSA) is 72.2 Å². The molecule has 0 radical (unpaired) electrons. The lowest BCUT2D eigenvalue weighted by Crippen LogP contribution is -2.25. The van der Waals surface area contributed by atoms with Gasteiger partial charge in [0, 0.05) is 18.1 Å². The monoisotopic (exact) mass is 318 g/mol. The van der Waals surface area contributed by atoms with Gasteiger partial charge in [-0.25, -0.2) is 13.1 Å². The van der Waals surface area contributed by atoms with Gasteiger partial charge in [0.15, 0.2) is 0 Å². The molecular weight excluding hydrogens is 296 g/mol. The molecule has 6 heteroatoms. The molecule has 4 nitrogen and oxygen atoms in total. The van der Waals surface area contributed by atoms with Crippen LogP contribution < -0.4 is 10.5 Å². The molecule has 1 aromatic rings. The SMILES string of the molecule is CC(C)CCCCNS(=O)(=O)c1ccc(CN)c(Cl)c1. The zero-order chi connectivity index (χ0) is 15.2. The third kappa shape index (κ3) is 5.40. The Kier molecular flexibility index (Phi) is 6.95. The van der Waals surface area contributed by atoms with E-state index in [9.17, 15) is 8.42 Å². The molecule has 0 spiro atoms. The van der Waals surface area contributed by atoms with Gasteiger partial charge in [-0.05, 0) is 30.0 Å². The van der Waals surface area contributed by atoms with Gasteiger partial charge in [-0.3, -0.25) is 0 Å². The van der Waals surface area contributed by atoms with Crippen LogP contribution in [0, 0.1) is 5.92 Å². The van der Waals surface area contributed by atoms with Crippen LogP contribution in [0.3, 0.4) is 0 Å². The lowest BCUT2D eigenvalue weighted by Gasteiger charge is -2.09. The van der Waals surface area contributed by atoms with Gasteiger partial charge in [-0.15, -0.1) is 0 Å². The molecule has 0 unspecified atom stereocenters. The Morgan fingerprint density at radius 2 is 2.00 bits per heavy atom. The van der Waals surface area contributed by atoms with Gasteiger partial charge in [-0.2, -0.15) is 0 Å². The molecule has 0 fully saturated rings. The molecule has 0 amide bonds. The minimum atomic E-state index is -3.48. The van der Waals surface area contributed by atoms with Crippen molar-refractivity contribution < 1.29 is 8.42 Å². The van der Waals surface area contributed by atoms with E-state index in [0.717, 1.165) is 24.8 Å². The summed E-state index contributed by atoms with van der Waals surface area (Å²) in [5.74, 6) is 0.647. The van der Waals surface area contributed by atoms with Crippen molar-refractivity contribution in [3.8, 4) is 0 Å². The summed E-state index contributed by atoms with van der Waals surface area (Å²) in [5, 5.41) is 0.384. The molecule has 0 aromatic heterocycles. The van der Waals surface area contributed by atoms with E-state index in [2.05, 4.69) is 18.6 Å². The van der Waals surface area contributed by atoms with Crippen molar-refractivity contribution in [3.05, 3.63) is 28.8 Å². The van der Waals surface area contributed by atoms with Crippen LogP contribution in [0.25, 0.3) is 0 Å². The Morgan fingerprint density at radius 1 is 1.30 bits per heavy atom. The molecule has 20 heavy (non-hydrogen) atoms. The quantitative estimate of drug-likeness (QED) is 0.724. The van der Waals surface area contributed by atoms with Crippen LogP contribution in [0.1, 0.15) is 38.7 Å². The number of halogens is 1. The predicted molar refractivity (Wildman–Crippen MR) is 83.2 cm³/mol. The fourth-order valence-corrected chi connectivity index (χ4v) is 3.25. The number of rotatable bonds is 8. The number of unbranched alkanes of at least 4 members (excludes halogenated alkanes) is 1. The van der Waals surface area contributed by atoms with Gasteiger partial charge in [0.2, 0.25) is 10.0 Å². The van der Waals surface area contributed by atoms with Gasteiger partial charge in [0.25, 0.3) is 0 Å². The second kappa shape index (κ2) is 7.98. The van der Waals surface area contributed by atoms with Crippen molar-refractivity contribution in [2.24, 2.45) is 11.7 Å². The molecule has 0 heterocycles. The number of nitrogens with two attached hydrogens (primary N) is 1. The summed E-state index contributed by atoms with van der Waals surface area (Å²) in [6.45, 7) is 5.06. The summed E-state index contributed by atoms with van der Waals surface area (Å²) in [5.41, 5.74) is 6.24. The Labute approximate surface area is 126 Å². The fraction of sp³-hybridized carbons (Fsp3) is 0.571. The summed E-state index contributed by atoms with van der Waals surface area (Å²) in [4.78, 5) is 0.184. The van der Waals surface area contributed by atoms with Crippen LogP contribution in [-0.4, -0.2) is 15.0 Å². The fourth-order valence-electron chi connectivity index (χ4n) is 1.83. The lowest BCUT2D eigenvalue weighted by atomic mass is 10.1. The van der Waals surface area contributed by atoms with Crippen molar-refractivity contribution >= 4 is 21.6 Å². The standard InChI is InChI=1S/C14H23ClN2O2S/c1-11(2)5-3-4-8-17-20(18,19)13-7-6-12(10-16)14(15)9-13/h6-7,9,11,17H,3-5,8,10,16H2,1-2H3. The summed E-state index contributed by atoms with van der Waals surface area (Å²) >= 11 is 5.98. The van der Waals surface area contributed by atoms with Crippen molar-refractivity contribution in [3.63, 3.8) is 0 Å². The number of hydrogen-bond acceptors (Lipinski definition) is 3. The van der Waals surface area contributed by atoms with Gasteiger partial charge in [0.05, 0.1) is 4.90 Å². The molecule has 0 atom stereocenters. The Balaban J connectivity index is 2.58. The van der Waals surface area contributed by atoms with E-state index >= 15 is 0 Å². The molecule has 0 aliphatic carbocycles. The predicted octanol–water partition coefficient (Wildman–Crippen LogP) is 2.90. The third-order valence-corrected chi connectivity index (χ3v) is 4.87. The van der Waals surface area contributed by atoms with Gasteiger partial charge < -0.3 is 5.73 Å². The molecule has 1 rings (SSSR count). The van der Waals surface area contributed by atoms with E-state index in [4.69, 9.17) is 17.3 Å². The Morgan fingerprint density at radius 3 is 2.55 bits per heavy atom. The molecule has 1 aromatic carbocycles. The average Bonchev–Trinajstić information content (AvgIpc) is 2.37. The van der Waals surface area contributed by atoms with Crippen LogP contribution in [0.15, 0.2) is 23.1 Å². The molecule has 0 bridgehead atoms. The highest BCUT2D eigenvalue weighted by atomic mass is 35.5. The van der Waals surface area contributed by atoms with E-state index in [1.54, 1.807) is 6.07 Å². The highest BCUT2D eigenvalue weighted by Gasteiger charge is 2.14. The maximum Gasteiger partial charge on any atom is 0.240 e. The molecule has 0 aliphatic heterocycles. The first-order valence-corrected chi connectivity index (χ1v) is 8.71. The first kappa shape index (κ1) is 17.4. The van der Waals surface area contributed by atoms with Crippen LogP contribution in [0.4, 0.5) is 0 Å². The Bertz CT molecular complexity index is 530. The van der Waals surface area contributed by atoms with Gasteiger partial charge >= 0.3 is 0 Å². The van der Waals surface area contributed by atoms with Crippen LogP contribution >= 0.6 is 11.6 Å². The minimum absolute atomic E-state index is 0.184. The first-order valence-electron chi connectivity index (χ1n) is 6.85. The second-order valence-corrected chi connectivity index (χ2v) is 7.42. The molecular formula is C14H23ClN2O2S. The van der Waals surface area contributed by atoms with Gasteiger partial charge in [-0.1, -0.05) is 44.4 Å². The van der Waals surface area contributed by atoms with E-state index in [-0.39, 0.29) is 4.90 Å². The molecule has 0 saturated heterocycles. The molecule has 0 aliphatic rings. The van der Waals surface area contributed by atoms with E-state index in [1.807, 2.05) is 0 Å². The maximum atomic E-state index is 12.1. The van der Waals surface area contributed by atoms with Crippen LogP contribution in [-0.2, 0) is 16.6 Å². The normalized spacial score (nSPS) is 12.1. The molecule has 114 valence electrons. The third-order valence-electron chi connectivity index (χ3n) is 3.06. The van der Waals surface area contributed by atoms with Crippen LogP contribution in [0.2, 0.25) is 5.02 Å². The number of sulfonamides is 1. The zero-order valence-corrected chi connectivity index (χ0v) is 13.6. The minimum Gasteiger partial charge on any atom is -0.326 e. The summed E-state index contributed by atoms with van der Waals surface area (Å²) in [6, 6.07) is 4.63. The highest BCUT2D eigenvalue weighted by molar-refractivity contribution is 7.89. The van der Waals surface area contributed by atoms with Crippen molar-refractivity contribution in [1.29, 1.82) is 0 Å². The lowest BCUT2D eigenvalue weighted by molar-refractivity contribution is 0.530. The second-order valence-electron chi connectivity index (χ2n) is 5.24. The van der Waals surface area contributed by atoms with E-state index in [0.29, 0.717) is 24.0 Å². The van der Waals surface area contributed by atoms with Crippen molar-refractivity contribution in [1.82, 2.24) is 4.72 Å². The summed E-state index contributed by atoms with van der Waals surface area (Å²) in [6.07, 6.45) is 2.97. The van der Waals surface area contributed by atoms with E-state index in [1.165, 1.54) is 12.1 Å².